The molecule has 160 valence electrons. The fraction of sp³-hybridized carbons (Fsp3) is 0.368. The second-order valence-corrected chi connectivity index (χ2v) is 7.24. The third-order valence-corrected chi connectivity index (χ3v) is 4.39. The van der Waals surface area contributed by atoms with E-state index in [0.717, 1.165) is 17.0 Å². The standard InChI is InChI=1S/C19H19F3N4O4/c1-10(2)8-14(17(28)23-15-6-7-25(3)24-15)26-13-5-4-11(30-19(20,21)22)9-12(13)16(27)18(26)29/h4-7,9-10,14H,8H2,1-3H3,(H,23,24,28). The molecule has 1 aliphatic rings. The van der Waals surface area contributed by atoms with E-state index in [1.54, 1.807) is 19.3 Å². The third-order valence-electron chi connectivity index (χ3n) is 4.39. The Hall–Kier alpha value is -3.37. The van der Waals surface area contributed by atoms with Crippen molar-refractivity contribution in [2.24, 2.45) is 13.0 Å². The number of carbonyl (C=O) groups excluding carboxylic acids is 3. The molecule has 1 aliphatic heterocycles. The van der Waals surface area contributed by atoms with E-state index in [2.05, 4.69) is 15.2 Å². The number of aromatic nitrogens is 2. The van der Waals surface area contributed by atoms with Crippen LogP contribution in [-0.2, 0) is 16.6 Å². The molecule has 8 nitrogen and oxygen atoms in total. The van der Waals surface area contributed by atoms with Crippen molar-refractivity contribution in [3.63, 3.8) is 0 Å². The largest absolute Gasteiger partial charge is 0.573 e. The molecule has 1 N–H and O–H groups in total. The number of alkyl halides is 3. The van der Waals surface area contributed by atoms with Crippen LogP contribution in [0.2, 0.25) is 0 Å². The Morgan fingerprint density at radius 2 is 1.93 bits per heavy atom. The highest BCUT2D eigenvalue weighted by molar-refractivity contribution is 6.53. The van der Waals surface area contributed by atoms with E-state index in [1.165, 1.54) is 10.7 Å². The van der Waals surface area contributed by atoms with Gasteiger partial charge < -0.3 is 10.1 Å². The van der Waals surface area contributed by atoms with Crippen LogP contribution in [0.15, 0.2) is 30.5 Å². The highest BCUT2D eigenvalue weighted by atomic mass is 19.4. The summed E-state index contributed by atoms with van der Waals surface area (Å²) in [6.45, 7) is 3.68. The molecule has 0 saturated carbocycles. The topological polar surface area (TPSA) is 93.5 Å². The lowest BCUT2D eigenvalue weighted by Crippen LogP contribution is -2.47. The van der Waals surface area contributed by atoms with E-state index in [0.29, 0.717) is 0 Å². The number of carbonyl (C=O) groups is 3. The first-order valence-electron chi connectivity index (χ1n) is 9.04. The van der Waals surface area contributed by atoms with E-state index in [1.807, 2.05) is 13.8 Å². The summed E-state index contributed by atoms with van der Waals surface area (Å²) in [7, 11) is 1.67. The number of halogens is 3. The molecule has 2 heterocycles. The average Bonchev–Trinajstić information content (AvgIpc) is 3.13. The zero-order valence-electron chi connectivity index (χ0n) is 16.4. The molecule has 1 aromatic heterocycles. The van der Waals surface area contributed by atoms with Gasteiger partial charge in [-0.15, -0.1) is 13.2 Å². The Morgan fingerprint density at radius 3 is 2.50 bits per heavy atom. The first-order chi connectivity index (χ1) is 14.0. The van der Waals surface area contributed by atoms with Crippen LogP contribution in [0.25, 0.3) is 0 Å². The summed E-state index contributed by atoms with van der Waals surface area (Å²) < 4.78 is 42.8. The number of aryl methyl sites for hydroxylation is 1. The maximum absolute atomic E-state index is 12.9. The number of hydrogen-bond donors (Lipinski definition) is 1. The molecule has 1 unspecified atom stereocenters. The molecule has 2 amide bonds. The van der Waals surface area contributed by atoms with Crippen LogP contribution in [0.1, 0.15) is 30.6 Å². The second-order valence-electron chi connectivity index (χ2n) is 7.24. The van der Waals surface area contributed by atoms with Gasteiger partial charge in [0, 0.05) is 19.3 Å². The average molecular weight is 424 g/mol. The highest BCUT2D eigenvalue weighted by Gasteiger charge is 2.43. The number of rotatable bonds is 6. The van der Waals surface area contributed by atoms with Gasteiger partial charge in [0.05, 0.1) is 11.3 Å². The summed E-state index contributed by atoms with van der Waals surface area (Å²) in [5.41, 5.74) is -0.192. The summed E-state index contributed by atoms with van der Waals surface area (Å²) in [5.74, 6) is -2.93. The number of hydrogen-bond acceptors (Lipinski definition) is 5. The number of fused-ring (bicyclic) bond motifs is 1. The normalized spacial score (nSPS) is 14.8. The fourth-order valence-corrected chi connectivity index (χ4v) is 3.22. The van der Waals surface area contributed by atoms with E-state index in [-0.39, 0.29) is 29.4 Å². The number of Topliss-reactive ketones (excluding diaryl/α,β-unsaturated/α-hetero) is 1. The molecule has 1 atom stereocenters. The molecular weight excluding hydrogens is 405 g/mol. The van der Waals surface area contributed by atoms with Crippen molar-refractivity contribution >= 4 is 29.1 Å². The molecule has 0 saturated heterocycles. The van der Waals surface area contributed by atoms with E-state index in [9.17, 15) is 27.6 Å². The van der Waals surface area contributed by atoms with Crippen molar-refractivity contribution in [1.82, 2.24) is 9.78 Å². The van der Waals surface area contributed by atoms with Gasteiger partial charge in [-0.05, 0) is 30.5 Å². The number of nitrogens with zero attached hydrogens (tertiary/aromatic N) is 3. The van der Waals surface area contributed by atoms with Gasteiger partial charge in [0.2, 0.25) is 5.91 Å². The van der Waals surface area contributed by atoms with Crippen molar-refractivity contribution in [3.8, 4) is 5.75 Å². The minimum Gasteiger partial charge on any atom is -0.406 e. The molecule has 2 aromatic rings. The first kappa shape index (κ1) is 21.3. The molecular formula is C19H19F3N4O4. The lowest BCUT2D eigenvalue weighted by molar-refractivity contribution is -0.274. The number of ketones is 1. The zero-order chi connectivity index (χ0) is 22.2. The molecule has 11 heteroatoms. The molecule has 0 spiro atoms. The van der Waals surface area contributed by atoms with Gasteiger partial charge in [0.25, 0.3) is 11.7 Å². The minimum atomic E-state index is -4.94. The van der Waals surface area contributed by atoms with Crippen molar-refractivity contribution in [3.05, 3.63) is 36.0 Å². The predicted molar refractivity (Wildman–Crippen MR) is 100 cm³/mol. The molecule has 0 aliphatic carbocycles. The van der Waals surface area contributed by atoms with Gasteiger partial charge in [-0.1, -0.05) is 13.8 Å². The minimum absolute atomic E-state index is 0.0238. The van der Waals surface area contributed by atoms with Crippen LogP contribution in [0.4, 0.5) is 24.7 Å². The fourth-order valence-electron chi connectivity index (χ4n) is 3.22. The Kier molecular flexibility index (Phi) is 5.55. The molecule has 30 heavy (non-hydrogen) atoms. The summed E-state index contributed by atoms with van der Waals surface area (Å²) in [6.07, 6.45) is -3.10. The van der Waals surface area contributed by atoms with Crippen molar-refractivity contribution < 1.29 is 32.3 Å². The summed E-state index contributed by atoms with van der Waals surface area (Å²) in [5, 5.41) is 6.66. The molecule has 3 rings (SSSR count). The lowest BCUT2D eigenvalue weighted by atomic mass is 10.0. The van der Waals surface area contributed by atoms with Gasteiger partial charge in [-0.2, -0.15) is 5.10 Å². The molecule has 0 radical (unpaired) electrons. The van der Waals surface area contributed by atoms with E-state index < -0.39 is 35.8 Å². The molecule has 1 aromatic carbocycles. The van der Waals surface area contributed by atoms with Gasteiger partial charge >= 0.3 is 6.36 Å². The quantitative estimate of drug-likeness (QED) is 0.720. The number of ether oxygens (including phenoxy) is 1. The Balaban J connectivity index is 1.95. The van der Waals surface area contributed by atoms with E-state index >= 15 is 0 Å². The lowest BCUT2D eigenvalue weighted by Gasteiger charge is -2.28. The Labute approximate surface area is 169 Å². The van der Waals surface area contributed by atoms with Crippen LogP contribution >= 0.6 is 0 Å². The van der Waals surface area contributed by atoms with Crippen molar-refractivity contribution in [2.45, 2.75) is 32.7 Å². The predicted octanol–water partition coefficient (Wildman–Crippen LogP) is 2.90. The SMILES string of the molecule is CC(C)CC(C(=O)Nc1ccn(C)n1)N1C(=O)C(=O)c2cc(OC(F)(F)F)ccc21. The molecule has 0 fully saturated rings. The van der Waals surface area contributed by atoms with Crippen molar-refractivity contribution in [1.29, 1.82) is 0 Å². The van der Waals surface area contributed by atoms with Crippen LogP contribution in [0, 0.1) is 5.92 Å². The number of benzene rings is 1. The summed E-state index contributed by atoms with van der Waals surface area (Å²) >= 11 is 0. The second kappa shape index (κ2) is 7.81. The van der Waals surface area contributed by atoms with E-state index in [4.69, 9.17) is 0 Å². The number of nitrogens with one attached hydrogen (secondary N) is 1. The van der Waals surface area contributed by atoms with Gasteiger partial charge in [-0.3, -0.25) is 24.0 Å². The highest BCUT2D eigenvalue weighted by Crippen LogP contribution is 2.36. The van der Waals surface area contributed by atoms with Gasteiger partial charge in [0.1, 0.15) is 11.8 Å². The monoisotopic (exact) mass is 424 g/mol. The van der Waals surface area contributed by atoms with Gasteiger partial charge in [-0.25, -0.2) is 0 Å². The number of anilines is 2. The van der Waals surface area contributed by atoms with Gasteiger partial charge in [0.15, 0.2) is 5.82 Å². The summed E-state index contributed by atoms with van der Waals surface area (Å²) in [6, 6.07) is 3.52. The number of amides is 2. The third kappa shape index (κ3) is 4.44. The van der Waals surface area contributed by atoms with Crippen LogP contribution in [-0.4, -0.2) is 39.8 Å². The Bertz CT molecular complexity index is 1000. The van der Waals surface area contributed by atoms with Crippen LogP contribution < -0.4 is 15.0 Å². The van der Waals surface area contributed by atoms with Crippen LogP contribution in [0.3, 0.4) is 0 Å². The smallest absolute Gasteiger partial charge is 0.406 e. The molecule has 0 bridgehead atoms. The maximum Gasteiger partial charge on any atom is 0.573 e. The maximum atomic E-state index is 12.9. The Morgan fingerprint density at radius 1 is 1.23 bits per heavy atom. The summed E-state index contributed by atoms with van der Waals surface area (Å²) in [4.78, 5) is 39.0. The zero-order valence-corrected chi connectivity index (χ0v) is 16.4. The first-order valence-corrected chi connectivity index (χ1v) is 9.04. The van der Waals surface area contributed by atoms with Crippen LogP contribution in [0.5, 0.6) is 5.75 Å². The van der Waals surface area contributed by atoms with Crippen molar-refractivity contribution in [2.75, 3.05) is 10.2 Å².